The van der Waals surface area contributed by atoms with E-state index in [-0.39, 0.29) is 10.6 Å². The highest BCUT2D eigenvalue weighted by Crippen LogP contribution is 2.36. The summed E-state index contributed by atoms with van der Waals surface area (Å²) in [5.74, 6) is -0.292. The van der Waals surface area contributed by atoms with Crippen LogP contribution in [0.25, 0.3) is 0 Å². The summed E-state index contributed by atoms with van der Waals surface area (Å²) in [4.78, 5) is 0.192. The first-order chi connectivity index (χ1) is 11.9. The Hall–Kier alpha value is -0.925. The zero-order chi connectivity index (χ0) is 19.2. The van der Waals surface area contributed by atoms with Gasteiger partial charge in [0.25, 0.3) is 0 Å². The summed E-state index contributed by atoms with van der Waals surface area (Å²) in [7, 11) is -4.12. The lowest BCUT2D eigenvalue weighted by atomic mass is 9.79. The van der Waals surface area contributed by atoms with Gasteiger partial charge in [0.15, 0.2) is 9.84 Å². The van der Waals surface area contributed by atoms with Gasteiger partial charge in [-0.1, -0.05) is 12.1 Å². The van der Waals surface area contributed by atoms with E-state index in [0.717, 1.165) is 5.46 Å². The van der Waals surface area contributed by atoms with E-state index in [1.807, 2.05) is 27.7 Å². The number of benzene rings is 1. The Bertz CT molecular complexity index is 734. The van der Waals surface area contributed by atoms with Crippen LogP contribution in [0.1, 0.15) is 40.5 Å². The maximum atomic E-state index is 12.7. The van der Waals surface area contributed by atoms with E-state index >= 15 is 0 Å². The van der Waals surface area contributed by atoms with Crippen LogP contribution in [-0.4, -0.2) is 56.4 Å². The Kier molecular flexibility index (Phi) is 5.03. The summed E-state index contributed by atoms with van der Waals surface area (Å²) in [5, 5.41) is 10.5. The summed E-state index contributed by atoms with van der Waals surface area (Å²) >= 11 is 0. The van der Waals surface area contributed by atoms with Gasteiger partial charge >= 0.3 is 7.12 Å². The SMILES string of the molecule is CC1(C)OB(c2ccc(S(=O)(=O)CC3(O)CCOCC3)cc2)OC1(C)C. The van der Waals surface area contributed by atoms with Gasteiger partial charge in [-0.15, -0.1) is 0 Å². The van der Waals surface area contributed by atoms with Crippen LogP contribution in [-0.2, 0) is 23.9 Å². The van der Waals surface area contributed by atoms with Crippen molar-refractivity contribution in [2.24, 2.45) is 0 Å². The lowest BCUT2D eigenvalue weighted by molar-refractivity contribution is -0.0485. The van der Waals surface area contributed by atoms with Crippen LogP contribution in [0.3, 0.4) is 0 Å². The maximum absolute atomic E-state index is 12.7. The second-order valence-corrected chi connectivity index (χ2v) is 10.2. The highest BCUT2D eigenvalue weighted by Gasteiger charge is 2.51. The fourth-order valence-electron chi connectivity index (χ4n) is 3.14. The molecule has 0 radical (unpaired) electrons. The molecule has 2 fully saturated rings. The minimum absolute atomic E-state index is 0.192. The van der Waals surface area contributed by atoms with E-state index in [9.17, 15) is 13.5 Å². The lowest BCUT2D eigenvalue weighted by Crippen LogP contribution is -2.42. The van der Waals surface area contributed by atoms with Crippen molar-refractivity contribution in [1.82, 2.24) is 0 Å². The van der Waals surface area contributed by atoms with Gasteiger partial charge in [-0.05, 0) is 45.3 Å². The Labute approximate surface area is 155 Å². The highest BCUT2D eigenvalue weighted by atomic mass is 32.2. The molecule has 1 aromatic carbocycles. The van der Waals surface area contributed by atoms with Crippen LogP contribution >= 0.6 is 0 Å². The molecule has 2 aliphatic rings. The van der Waals surface area contributed by atoms with E-state index in [1.165, 1.54) is 0 Å². The Morgan fingerprint density at radius 1 is 1.00 bits per heavy atom. The molecule has 2 aliphatic heterocycles. The van der Waals surface area contributed by atoms with Gasteiger partial charge in [-0.2, -0.15) is 0 Å². The topological polar surface area (TPSA) is 82.1 Å². The third kappa shape index (κ3) is 3.85. The molecule has 0 spiro atoms. The van der Waals surface area contributed by atoms with Crippen molar-refractivity contribution in [2.45, 2.75) is 62.2 Å². The Balaban J connectivity index is 1.75. The molecule has 2 heterocycles. The van der Waals surface area contributed by atoms with E-state index in [4.69, 9.17) is 14.0 Å². The monoisotopic (exact) mass is 382 g/mol. The van der Waals surface area contributed by atoms with E-state index < -0.39 is 33.8 Å². The molecule has 2 saturated heterocycles. The second-order valence-electron chi connectivity index (χ2n) is 8.25. The lowest BCUT2D eigenvalue weighted by Gasteiger charge is -2.32. The van der Waals surface area contributed by atoms with Crippen LogP contribution in [0.2, 0.25) is 0 Å². The predicted octanol–water partition coefficient (Wildman–Crippen LogP) is 1.30. The number of rotatable bonds is 4. The zero-order valence-corrected chi connectivity index (χ0v) is 16.6. The quantitative estimate of drug-likeness (QED) is 0.791. The first-order valence-electron chi connectivity index (χ1n) is 8.93. The maximum Gasteiger partial charge on any atom is 0.494 e. The summed E-state index contributed by atoms with van der Waals surface area (Å²) in [5.41, 5.74) is -1.35. The van der Waals surface area contributed by atoms with Crippen molar-refractivity contribution in [2.75, 3.05) is 19.0 Å². The van der Waals surface area contributed by atoms with Gasteiger partial charge < -0.3 is 19.2 Å². The van der Waals surface area contributed by atoms with E-state index in [1.54, 1.807) is 24.3 Å². The average Bonchev–Trinajstić information content (AvgIpc) is 2.75. The minimum Gasteiger partial charge on any atom is -0.399 e. The number of aliphatic hydroxyl groups is 1. The molecule has 0 unspecified atom stereocenters. The van der Waals surface area contributed by atoms with Gasteiger partial charge in [-0.3, -0.25) is 0 Å². The van der Waals surface area contributed by atoms with Crippen molar-refractivity contribution >= 4 is 22.4 Å². The highest BCUT2D eigenvalue weighted by molar-refractivity contribution is 7.91. The summed E-state index contributed by atoms with van der Waals surface area (Å²) in [6.07, 6.45) is 0.663. The largest absolute Gasteiger partial charge is 0.494 e. The Morgan fingerprint density at radius 3 is 2.00 bits per heavy atom. The standard InChI is InChI=1S/C18H27BO6S/c1-16(2)17(3,4)25-19(24-16)14-5-7-15(8-6-14)26(21,22)13-18(20)9-11-23-12-10-18/h5-8,20H,9-13H2,1-4H3. The van der Waals surface area contributed by atoms with E-state index in [0.29, 0.717) is 26.1 Å². The fraction of sp³-hybridized carbons (Fsp3) is 0.667. The van der Waals surface area contributed by atoms with Gasteiger partial charge in [-0.25, -0.2) is 8.42 Å². The molecule has 0 saturated carbocycles. The van der Waals surface area contributed by atoms with Crippen molar-refractivity contribution in [3.63, 3.8) is 0 Å². The molecule has 0 bridgehead atoms. The van der Waals surface area contributed by atoms with Crippen molar-refractivity contribution in [1.29, 1.82) is 0 Å². The van der Waals surface area contributed by atoms with Gasteiger partial charge in [0, 0.05) is 26.1 Å². The first-order valence-corrected chi connectivity index (χ1v) is 10.6. The minimum atomic E-state index is -3.59. The summed E-state index contributed by atoms with van der Waals surface area (Å²) in [6, 6.07) is 6.53. The van der Waals surface area contributed by atoms with Crippen LogP contribution in [0, 0.1) is 0 Å². The molecule has 26 heavy (non-hydrogen) atoms. The fourth-order valence-corrected chi connectivity index (χ4v) is 4.86. The molecular weight excluding hydrogens is 355 g/mol. The van der Waals surface area contributed by atoms with Gasteiger partial charge in [0.2, 0.25) is 0 Å². The van der Waals surface area contributed by atoms with Crippen molar-refractivity contribution < 1.29 is 27.6 Å². The number of hydrogen-bond acceptors (Lipinski definition) is 6. The average molecular weight is 382 g/mol. The molecule has 0 atom stereocenters. The Morgan fingerprint density at radius 2 is 1.50 bits per heavy atom. The molecule has 144 valence electrons. The third-order valence-electron chi connectivity index (χ3n) is 5.65. The smallest absolute Gasteiger partial charge is 0.399 e. The molecule has 3 rings (SSSR count). The van der Waals surface area contributed by atoms with Crippen molar-refractivity contribution in [3.05, 3.63) is 24.3 Å². The van der Waals surface area contributed by atoms with Crippen molar-refractivity contribution in [3.8, 4) is 0 Å². The summed E-state index contributed by atoms with van der Waals surface area (Å²) in [6.45, 7) is 8.65. The third-order valence-corrected chi connectivity index (χ3v) is 7.55. The van der Waals surface area contributed by atoms with Crippen LogP contribution in [0.4, 0.5) is 0 Å². The van der Waals surface area contributed by atoms with Crippen LogP contribution in [0.15, 0.2) is 29.2 Å². The second kappa shape index (κ2) is 6.60. The summed E-state index contributed by atoms with van der Waals surface area (Å²) < 4.78 is 42.5. The molecule has 0 aliphatic carbocycles. The van der Waals surface area contributed by atoms with Gasteiger partial charge in [0.1, 0.15) is 0 Å². The van der Waals surface area contributed by atoms with Crippen LogP contribution < -0.4 is 5.46 Å². The number of ether oxygens (including phenoxy) is 1. The van der Waals surface area contributed by atoms with E-state index in [2.05, 4.69) is 0 Å². The van der Waals surface area contributed by atoms with Crippen LogP contribution in [0.5, 0.6) is 0 Å². The number of sulfone groups is 1. The van der Waals surface area contributed by atoms with Gasteiger partial charge in [0.05, 0.1) is 27.5 Å². The molecule has 8 heteroatoms. The predicted molar refractivity (Wildman–Crippen MR) is 99.2 cm³/mol. The number of hydrogen-bond donors (Lipinski definition) is 1. The normalized spacial score (nSPS) is 24.6. The molecule has 1 N–H and O–H groups in total. The zero-order valence-electron chi connectivity index (χ0n) is 15.8. The molecule has 0 aromatic heterocycles. The molecular formula is C18H27BO6S. The molecule has 0 amide bonds. The molecule has 1 aromatic rings. The first kappa shape index (κ1) is 19.8. The molecule has 6 nitrogen and oxygen atoms in total.